The molecular weight excluding hydrogens is 310 g/mol. The molecule has 5 heteroatoms. The van der Waals surface area contributed by atoms with Gasteiger partial charge in [-0.3, -0.25) is 9.59 Å². The zero-order valence-electron chi connectivity index (χ0n) is 10.7. The summed E-state index contributed by atoms with van der Waals surface area (Å²) >= 11 is 3.37. The minimum atomic E-state index is -0.815. The number of carbonyl (C=O) groups excluding carboxylic acids is 1. The Morgan fingerprint density at radius 2 is 2.16 bits per heavy atom. The monoisotopic (exact) mass is 325 g/mol. The molecule has 1 fully saturated rings. The van der Waals surface area contributed by atoms with Crippen LogP contribution in [0, 0.1) is 12.8 Å². The summed E-state index contributed by atoms with van der Waals surface area (Å²) in [5, 5.41) is 9.06. The lowest BCUT2D eigenvalue weighted by atomic mass is 9.97. The molecule has 1 atom stereocenters. The number of aliphatic carboxylic acids is 1. The third kappa shape index (κ3) is 3.15. The number of hydrogen-bond acceptors (Lipinski definition) is 2. The van der Waals surface area contributed by atoms with E-state index in [1.165, 1.54) is 0 Å². The summed E-state index contributed by atoms with van der Waals surface area (Å²) in [6.45, 7) is 2.83. The standard InChI is InChI=1S/C14H16BrNO3/c1-9-7-11(15)4-5-12(9)13(17)16-6-2-3-10(8-16)14(18)19/h4-5,7,10H,2-3,6,8H2,1H3,(H,18,19). The number of halogens is 1. The molecule has 1 aliphatic rings. The van der Waals surface area contributed by atoms with Crippen molar-refractivity contribution < 1.29 is 14.7 Å². The SMILES string of the molecule is Cc1cc(Br)ccc1C(=O)N1CCCC(C(=O)O)C1. The van der Waals surface area contributed by atoms with Crippen LogP contribution in [0.4, 0.5) is 0 Å². The first-order chi connectivity index (χ1) is 8.99. The molecular formula is C14H16BrNO3. The second-order valence-electron chi connectivity index (χ2n) is 4.89. The summed E-state index contributed by atoms with van der Waals surface area (Å²) in [6.07, 6.45) is 1.40. The highest BCUT2D eigenvalue weighted by molar-refractivity contribution is 9.10. The molecule has 1 heterocycles. The predicted octanol–water partition coefficient (Wildman–Crippen LogP) is 2.69. The van der Waals surface area contributed by atoms with Gasteiger partial charge in [0.1, 0.15) is 0 Å². The van der Waals surface area contributed by atoms with Gasteiger partial charge in [-0.05, 0) is 43.5 Å². The van der Waals surface area contributed by atoms with Crippen LogP contribution < -0.4 is 0 Å². The molecule has 1 aromatic rings. The van der Waals surface area contributed by atoms with Crippen molar-refractivity contribution >= 4 is 27.8 Å². The van der Waals surface area contributed by atoms with Gasteiger partial charge in [0.2, 0.25) is 0 Å². The van der Waals surface area contributed by atoms with Crippen molar-refractivity contribution in [2.75, 3.05) is 13.1 Å². The summed E-state index contributed by atoms with van der Waals surface area (Å²) < 4.78 is 0.934. The van der Waals surface area contributed by atoms with Crippen LogP contribution >= 0.6 is 15.9 Å². The fourth-order valence-corrected chi connectivity index (χ4v) is 2.88. The van der Waals surface area contributed by atoms with Crippen molar-refractivity contribution in [3.05, 3.63) is 33.8 Å². The van der Waals surface area contributed by atoms with E-state index in [0.717, 1.165) is 16.5 Å². The van der Waals surface area contributed by atoms with Crippen molar-refractivity contribution in [1.29, 1.82) is 0 Å². The molecule has 4 nitrogen and oxygen atoms in total. The van der Waals surface area contributed by atoms with E-state index in [2.05, 4.69) is 15.9 Å². The lowest BCUT2D eigenvalue weighted by molar-refractivity contribution is -0.143. The zero-order chi connectivity index (χ0) is 14.0. The van der Waals surface area contributed by atoms with E-state index in [9.17, 15) is 9.59 Å². The van der Waals surface area contributed by atoms with Crippen molar-refractivity contribution in [2.45, 2.75) is 19.8 Å². The summed E-state index contributed by atoms with van der Waals surface area (Å²) in [6, 6.07) is 5.51. The van der Waals surface area contributed by atoms with Crippen molar-refractivity contribution in [3.63, 3.8) is 0 Å². The molecule has 1 unspecified atom stereocenters. The molecule has 1 amide bonds. The Balaban J connectivity index is 2.17. The Labute approximate surface area is 120 Å². The minimum Gasteiger partial charge on any atom is -0.481 e. The molecule has 0 bridgehead atoms. The average Bonchev–Trinajstić information content (AvgIpc) is 2.38. The third-order valence-electron chi connectivity index (χ3n) is 3.48. The van der Waals surface area contributed by atoms with Gasteiger partial charge in [-0.2, -0.15) is 0 Å². The van der Waals surface area contributed by atoms with Gasteiger partial charge in [-0.15, -0.1) is 0 Å². The first kappa shape index (κ1) is 14.1. The molecule has 0 aliphatic carbocycles. The van der Waals surface area contributed by atoms with Gasteiger partial charge in [0.05, 0.1) is 5.92 Å². The minimum absolute atomic E-state index is 0.0732. The first-order valence-electron chi connectivity index (χ1n) is 6.27. The van der Waals surface area contributed by atoms with Crippen molar-refractivity contribution in [3.8, 4) is 0 Å². The predicted molar refractivity (Wildman–Crippen MR) is 75.1 cm³/mol. The number of carbonyl (C=O) groups is 2. The Morgan fingerprint density at radius 3 is 2.79 bits per heavy atom. The molecule has 1 N–H and O–H groups in total. The highest BCUT2D eigenvalue weighted by atomic mass is 79.9. The van der Waals surface area contributed by atoms with E-state index >= 15 is 0 Å². The topological polar surface area (TPSA) is 57.6 Å². The van der Waals surface area contributed by atoms with Gasteiger partial charge >= 0.3 is 5.97 Å². The van der Waals surface area contributed by atoms with Crippen molar-refractivity contribution in [2.24, 2.45) is 5.92 Å². The first-order valence-corrected chi connectivity index (χ1v) is 7.06. The van der Waals surface area contributed by atoms with Gasteiger partial charge < -0.3 is 10.0 Å². The maximum absolute atomic E-state index is 12.4. The highest BCUT2D eigenvalue weighted by Crippen LogP contribution is 2.22. The largest absolute Gasteiger partial charge is 0.481 e. The number of hydrogen-bond donors (Lipinski definition) is 1. The smallest absolute Gasteiger partial charge is 0.308 e. The van der Waals surface area contributed by atoms with Gasteiger partial charge in [0.25, 0.3) is 5.91 Å². The van der Waals surface area contributed by atoms with Crippen LogP contribution in [0.15, 0.2) is 22.7 Å². The quantitative estimate of drug-likeness (QED) is 0.909. The lowest BCUT2D eigenvalue weighted by Gasteiger charge is -2.31. The Morgan fingerprint density at radius 1 is 1.42 bits per heavy atom. The number of aryl methyl sites for hydroxylation is 1. The molecule has 1 saturated heterocycles. The molecule has 1 aromatic carbocycles. The fourth-order valence-electron chi connectivity index (χ4n) is 2.40. The molecule has 0 spiro atoms. The van der Waals surface area contributed by atoms with Gasteiger partial charge in [-0.1, -0.05) is 15.9 Å². The Bertz CT molecular complexity index is 515. The molecule has 0 saturated carbocycles. The number of carboxylic acid groups (broad SMARTS) is 1. The van der Waals surface area contributed by atoms with E-state index in [-0.39, 0.29) is 5.91 Å². The number of piperidine rings is 1. The van der Waals surface area contributed by atoms with Crippen LogP contribution in [0.1, 0.15) is 28.8 Å². The van der Waals surface area contributed by atoms with Crippen LogP contribution in [0.25, 0.3) is 0 Å². The number of likely N-dealkylation sites (tertiary alicyclic amines) is 1. The normalized spacial score (nSPS) is 19.3. The lowest BCUT2D eigenvalue weighted by Crippen LogP contribution is -2.42. The van der Waals surface area contributed by atoms with E-state index in [4.69, 9.17) is 5.11 Å². The van der Waals surface area contributed by atoms with Crippen LogP contribution in [-0.4, -0.2) is 35.0 Å². The molecule has 19 heavy (non-hydrogen) atoms. The van der Waals surface area contributed by atoms with Crippen LogP contribution in [0.3, 0.4) is 0 Å². The highest BCUT2D eigenvalue weighted by Gasteiger charge is 2.29. The second-order valence-corrected chi connectivity index (χ2v) is 5.80. The second kappa shape index (κ2) is 5.74. The number of amides is 1. The van der Waals surface area contributed by atoms with Gasteiger partial charge in [0, 0.05) is 23.1 Å². The maximum atomic E-state index is 12.4. The van der Waals surface area contributed by atoms with E-state index in [1.807, 2.05) is 19.1 Å². The summed E-state index contributed by atoms with van der Waals surface area (Å²) in [4.78, 5) is 25.1. The van der Waals surface area contributed by atoms with E-state index in [0.29, 0.717) is 25.1 Å². The number of nitrogens with zero attached hydrogens (tertiary/aromatic N) is 1. The summed E-state index contributed by atoms with van der Waals surface area (Å²) in [5.74, 6) is -1.32. The fraction of sp³-hybridized carbons (Fsp3) is 0.429. The summed E-state index contributed by atoms with van der Waals surface area (Å²) in [5.41, 5.74) is 1.55. The van der Waals surface area contributed by atoms with E-state index < -0.39 is 11.9 Å². The number of carboxylic acids is 1. The van der Waals surface area contributed by atoms with Crippen molar-refractivity contribution in [1.82, 2.24) is 4.90 Å². The molecule has 1 aliphatic heterocycles. The van der Waals surface area contributed by atoms with Gasteiger partial charge in [0.15, 0.2) is 0 Å². The molecule has 2 rings (SSSR count). The number of benzene rings is 1. The Kier molecular flexibility index (Phi) is 4.24. The van der Waals surface area contributed by atoms with Crippen LogP contribution in [0.5, 0.6) is 0 Å². The number of rotatable bonds is 2. The van der Waals surface area contributed by atoms with E-state index in [1.54, 1.807) is 11.0 Å². The Hall–Kier alpha value is -1.36. The van der Waals surface area contributed by atoms with Gasteiger partial charge in [-0.25, -0.2) is 0 Å². The van der Waals surface area contributed by atoms with Crippen LogP contribution in [0.2, 0.25) is 0 Å². The molecule has 0 aromatic heterocycles. The summed E-state index contributed by atoms with van der Waals surface area (Å²) in [7, 11) is 0. The average molecular weight is 326 g/mol. The molecule has 102 valence electrons. The zero-order valence-corrected chi connectivity index (χ0v) is 12.3. The van der Waals surface area contributed by atoms with Crippen LogP contribution in [-0.2, 0) is 4.79 Å². The third-order valence-corrected chi connectivity index (χ3v) is 3.97. The molecule has 0 radical (unpaired) electrons. The maximum Gasteiger partial charge on any atom is 0.308 e.